The zero-order valence-electron chi connectivity index (χ0n) is 11.8. The zero-order valence-corrected chi connectivity index (χ0v) is 12.6. The van der Waals surface area contributed by atoms with Crippen molar-refractivity contribution in [2.75, 3.05) is 13.1 Å². The van der Waals surface area contributed by atoms with Crippen LogP contribution >= 0.6 is 11.6 Å². The van der Waals surface area contributed by atoms with Gasteiger partial charge in [0.25, 0.3) is 0 Å². The van der Waals surface area contributed by atoms with Crippen molar-refractivity contribution in [1.82, 2.24) is 4.90 Å². The highest BCUT2D eigenvalue weighted by Gasteiger charge is 2.45. The van der Waals surface area contributed by atoms with E-state index in [-0.39, 0.29) is 11.5 Å². The second-order valence-electron chi connectivity index (χ2n) is 6.49. The molecule has 1 aliphatic heterocycles. The van der Waals surface area contributed by atoms with E-state index >= 15 is 0 Å². The SMILES string of the molecule is CC(C)N1CCC2(CC1)Cc1cc(Cl)ccc1[C@H]2N. The van der Waals surface area contributed by atoms with Crippen molar-refractivity contribution in [2.24, 2.45) is 11.1 Å². The Morgan fingerprint density at radius 1 is 1.32 bits per heavy atom. The van der Waals surface area contributed by atoms with Crippen LogP contribution in [0.2, 0.25) is 5.02 Å². The van der Waals surface area contributed by atoms with E-state index in [1.807, 2.05) is 6.07 Å². The molecular weight excluding hydrogens is 256 g/mol. The molecule has 1 aromatic carbocycles. The fourth-order valence-electron chi connectivity index (χ4n) is 3.82. The third-order valence-electron chi connectivity index (χ3n) is 5.17. The molecule has 1 saturated heterocycles. The maximum Gasteiger partial charge on any atom is 0.0408 e. The number of fused-ring (bicyclic) bond motifs is 1. The first-order valence-electron chi connectivity index (χ1n) is 7.30. The third-order valence-corrected chi connectivity index (χ3v) is 5.40. The Labute approximate surface area is 120 Å². The monoisotopic (exact) mass is 278 g/mol. The molecule has 2 aliphatic rings. The summed E-state index contributed by atoms with van der Waals surface area (Å²) in [6.07, 6.45) is 3.52. The first kappa shape index (κ1) is 13.4. The quantitative estimate of drug-likeness (QED) is 0.853. The van der Waals surface area contributed by atoms with Gasteiger partial charge < -0.3 is 10.6 Å². The second-order valence-corrected chi connectivity index (χ2v) is 6.93. The summed E-state index contributed by atoms with van der Waals surface area (Å²) in [5.74, 6) is 0. The van der Waals surface area contributed by atoms with E-state index in [9.17, 15) is 0 Å². The smallest absolute Gasteiger partial charge is 0.0408 e. The number of hydrogen-bond donors (Lipinski definition) is 1. The summed E-state index contributed by atoms with van der Waals surface area (Å²) >= 11 is 6.11. The van der Waals surface area contributed by atoms with Gasteiger partial charge in [-0.05, 0) is 74.9 Å². The fraction of sp³-hybridized carbons (Fsp3) is 0.625. The van der Waals surface area contributed by atoms with Gasteiger partial charge >= 0.3 is 0 Å². The molecule has 1 atom stereocenters. The molecule has 0 saturated carbocycles. The molecule has 0 unspecified atom stereocenters. The molecule has 0 amide bonds. The van der Waals surface area contributed by atoms with E-state index in [0.29, 0.717) is 6.04 Å². The lowest BCUT2D eigenvalue weighted by atomic mass is 9.73. The van der Waals surface area contributed by atoms with Gasteiger partial charge in [0.1, 0.15) is 0 Å². The third kappa shape index (κ3) is 2.20. The van der Waals surface area contributed by atoms with E-state index in [4.69, 9.17) is 17.3 Å². The molecule has 1 aliphatic carbocycles. The molecule has 0 bridgehead atoms. The van der Waals surface area contributed by atoms with Gasteiger partial charge in [0.2, 0.25) is 0 Å². The van der Waals surface area contributed by atoms with Gasteiger partial charge in [-0.1, -0.05) is 17.7 Å². The van der Waals surface area contributed by atoms with E-state index < -0.39 is 0 Å². The largest absolute Gasteiger partial charge is 0.323 e. The number of piperidine rings is 1. The molecule has 2 nitrogen and oxygen atoms in total. The van der Waals surface area contributed by atoms with Gasteiger partial charge in [0.15, 0.2) is 0 Å². The Bertz CT molecular complexity index is 476. The number of nitrogens with two attached hydrogens (primary N) is 1. The van der Waals surface area contributed by atoms with Crippen LogP contribution in [0.3, 0.4) is 0 Å². The van der Waals surface area contributed by atoms with Gasteiger partial charge in [-0.25, -0.2) is 0 Å². The Morgan fingerprint density at radius 3 is 2.63 bits per heavy atom. The van der Waals surface area contributed by atoms with Crippen LogP contribution in [-0.4, -0.2) is 24.0 Å². The first-order valence-corrected chi connectivity index (χ1v) is 7.68. The summed E-state index contributed by atoms with van der Waals surface area (Å²) in [7, 11) is 0. The van der Waals surface area contributed by atoms with Crippen LogP contribution in [0.25, 0.3) is 0 Å². The van der Waals surface area contributed by atoms with Gasteiger partial charge in [-0.15, -0.1) is 0 Å². The second kappa shape index (κ2) is 4.76. The highest BCUT2D eigenvalue weighted by Crippen LogP contribution is 2.51. The molecule has 0 radical (unpaired) electrons. The number of benzene rings is 1. The van der Waals surface area contributed by atoms with Crippen LogP contribution in [0, 0.1) is 5.41 Å². The van der Waals surface area contributed by atoms with Crippen molar-refractivity contribution >= 4 is 11.6 Å². The van der Waals surface area contributed by atoms with Gasteiger partial charge in [0, 0.05) is 17.1 Å². The predicted molar refractivity (Wildman–Crippen MR) is 80.5 cm³/mol. The Morgan fingerprint density at radius 2 is 2.00 bits per heavy atom. The summed E-state index contributed by atoms with van der Waals surface area (Å²) in [5, 5.41) is 0.836. The van der Waals surface area contributed by atoms with E-state index in [1.165, 1.54) is 37.1 Å². The molecule has 2 N–H and O–H groups in total. The first-order chi connectivity index (χ1) is 9.02. The molecule has 3 heteroatoms. The van der Waals surface area contributed by atoms with Crippen molar-refractivity contribution in [3.8, 4) is 0 Å². The summed E-state index contributed by atoms with van der Waals surface area (Å²) in [6.45, 7) is 6.91. The molecule has 1 fully saturated rings. The van der Waals surface area contributed by atoms with E-state index in [1.54, 1.807) is 0 Å². The molecule has 1 heterocycles. The fourth-order valence-corrected chi connectivity index (χ4v) is 4.02. The lowest BCUT2D eigenvalue weighted by Crippen LogP contribution is -2.46. The Kier molecular flexibility index (Phi) is 3.36. The van der Waals surface area contributed by atoms with Crippen molar-refractivity contribution in [2.45, 2.75) is 45.2 Å². The van der Waals surface area contributed by atoms with E-state index in [2.05, 4.69) is 30.9 Å². The zero-order chi connectivity index (χ0) is 13.6. The lowest BCUT2D eigenvalue weighted by Gasteiger charge is -2.43. The van der Waals surface area contributed by atoms with Gasteiger partial charge in [-0.3, -0.25) is 0 Å². The number of nitrogens with zero attached hydrogens (tertiary/aromatic N) is 1. The average molecular weight is 279 g/mol. The predicted octanol–water partition coefficient (Wildman–Crippen LogP) is 3.39. The normalized spacial score (nSPS) is 26.1. The maximum atomic E-state index is 6.57. The summed E-state index contributed by atoms with van der Waals surface area (Å²) in [4.78, 5) is 2.56. The van der Waals surface area contributed by atoms with Crippen LogP contribution in [0.4, 0.5) is 0 Å². The molecule has 3 rings (SSSR count). The highest BCUT2D eigenvalue weighted by molar-refractivity contribution is 6.30. The van der Waals surface area contributed by atoms with Crippen LogP contribution in [0.1, 0.15) is 43.9 Å². The van der Waals surface area contributed by atoms with Crippen LogP contribution in [0.5, 0.6) is 0 Å². The van der Waals surface area contributed by atoms with Crippen LogP contribution in [-0.2, 0) is 6.42 Å². The molecule has 104 valence electrons. The number of rotatable bonds is 1. The average Bonchev–Trinajstić information content (AvgIpc) is 2.63. The van der Waals surface area contributed by atoms with Crippen molar-refractivity contribution in [3.63, 3.8) is 0 Å². The summed E-state index contributed by atoms with van der Waals surface area (Å²) in [5.41, 5.74) is 9.54. The number of halogens is 1. The van der Waals surface area contributed by atoms with Crippen molar-refractivity contribution < 1.29 is 0 Å². The summed E-state index contributed by atoms with van der Waals surface area (Å²) in [6, 6.07) is 7.05. The number of likely N-dealkylation sites (tertiary alicyclic amines) is 1. The topological polar surface area (TPSA) is 29.3 Å². The molecule has 1 spiro atoms. The molecule has 0 aromatic heterocycles. The minimum Gasteiger partial charge on any atom is -0.323 e. The summed E-state index contributed by atoms with van der Waals surface area (Å²) < 4.78 is 0. The minimum atomic E-state index is 0.189. The van der Waals surface area contributed by atoms with Crippen LogP contribution < -0.4 is 5.73 Å². The molecule has 19 heavy (non-hydrogen) atoms. The minimum absolute atomic E-state index is 0.189. The molecule has 1 aromatic rings. The van der Waals surface area contributed by atoms with Gasteiger partial charge in [0.05, 0.1) is 0 Å². The maximum absolute atomic E-state index is 6.57. The number of hydrogen-bond acceptors (Lipinski definition) is 2. The van der Waals surface area contributed by atoms with Crippen molar-refractivity contribution in [1.29, 1.82) is 0 Å². The van der Waals surface area contributed by atoms with E-state index in [0.717, 1.165) is 11.4 Å². The van der Waals surface area contributed by atoms with Gasteiger partial charge in [-0.2, -0.15) is 0 Å². The standard InChI is InChI=1S/C16H23ClN2/c1-11(2)19-7-5-16(6-8-19)10-12-9-13(17)3-4-14(12)15(16)18/h3-4,9,11,15H,5-8,10,18H2,1-2H3/t15-/m1/s1. The Balaban J connectivity index is 1.82. The Hall–Kier alpha value is -0.570. The van der Waals surface area contributed by atoms with Crippen LogP contribution in [0.15, 0.2) is 18.2 Å². The van der Waals surface area contributed by atoms with Crippen molar-refractivity contribution in [3.05, 3.63) is 34.3 Å². The lowest BCUT2D eigenvalue weighted by molar-refractivity contribution is 0.0710. The molecular formula is C16H23ClN2. The highest BCUT2D eigenvalue weighted by atomic mass is 35.5.